The van der Waals surface area contributed by atoms with Gasteiger partial charge in [0.15, 0.2) is 0 Å². The molecule has 3 aromatic rings. The molecule has 0 N–H and O–H groups in total. The van der Waals surface area contributed by atoms with Gasteiger partial charge in [-0.05, 0) is 36.4 Å². The molecule has 1 aromatic carbocycles. The molecule has 1 fully saturated rings. The number of rotatable bonds is 3. The van der Waals surface area contributed by atoms with E-state index >= 15 is 0 Å². The summed E-state index contributed by atoms with van der Waals surface area (Å²) < 4.78 is 2.00. The van der Waals surface area contributed by atoms with Gasteiger partial charge in [-0.15, -0.1) is 0 Å². The number of nitrogens with zero attached hydrogens (tertiary/aromatic N) is 5. The number of carbonyl (C=O) groups is 1. The molecule has 0 radical (unpaired) electrons. The normalized spacial score (nSPS) is 14.6. The Labute approximate surface area is 146 Å². The molecule has 0 atom stereocenters. The first kappa shape index (κ1) is 15.4. The fourth-order valence-electron chi connectivity index (χ4n) is 3.05. The summed E-state index contributed by atoms with van der Waals surface area (Å²) in [5.74, 6) is 0.798. The van der Waals surface area contributed by atoms with E-state index < -0.39 is 0 Å². The zero-order valence-corrected chi connectivity index (χ0v) is 13.8. The largest absolute Gasteiger partial charge is 0.337 e. The van der Waals surface area contributed by atoms with Gasteiger partial charge in [-0.25, -0.2) is 9.97 Å². The van der Waals surface area contributed by atoms with Crippen LogP contribution >= 0.6 is 0 Å². The summed E-state index contributed by atoms with van der Waals surface area (Å²) in [5.41, 5.74) is 1.71. The van der Waals surface area contributed by atoms with Crippen molar-refractivity contribution in [2.45, 2.75) is 0 Å². The number of hydrogen-bond acceptors (Lipinski definition) is 4. The summed E-state index contributed by atoms with van der Waals surface area (Å²) in [6.07, 6.45) is 7.43. The third-order valence-corrected chi connectivity index (χ3v) is 4.40. The zero-order valence-electron chi connectivity index (χ0n) is 13.8. The number of aromatic nitrogens is 3. The summed E-state index contributed by atoms with van der Waals surface area (Å²) in [6, 6.07) is 13.5. The van der Waals surface area contributed by atoms with Crippen LogP contribution in [0.25, 0.3) is 5.69 Å². The molecule has 1 aliphatic rings. The van der Waals surface area contributed by atoms with Crippen LogP contribution in [0.5, 0.6) is 0 Å². The van der Waals surface area contributed by atoms with Crippen LogP contribution in [0, 0.1) is 0 Å². The molecule has 0 aliphatic carbocycles. The molecule has 1 saturated heterocycles. The van der Waals surface area contributed by atoms with Gasteiger partial charge in [0.2, 0.25) is 5.95 Å². The van der Waals surface area contributed by atoms with E-state index in [1.165, 1.54) is 0 Å². The summed E-state index contributed by atoms with van der Waals surface area (Å²) in [7, 11) is 0. The summed E-state index contributed by atoms with van der Waals surface area (Å²) in [6.45, 7) is 2.83. The van der Waals surface area contributed by atoms with E-state index in [9.17, 15) is 4.79 Å². The number of hydrogen-bond donors (Lipinski definition) is 0. The number of carbonyl (C=O) groups excluding carboxylic acids is 1. The Kier molecular flexibility index (Phi) is 4.16. The Morgan fingerprint density at radius 2 is 1.60 bits per heavy atom. The first-order valence-corrected chi connectivity index (χ1v) is 8.36. The minimum atomic E-state index is 0.0719. The van der Waals surface area contributed by atoms with Crippen LogP contribution in [0.4, 0.5) is 5.95 Å². The smallest absolute Gasteiger partial charge is 0.254 e. The molecule has 1 amide bonds. The van der Waals surface area contributed by atoms with Gasteiger partial charge in [0.1, 0.15) is 0 Å². The highest BCUT2D eigenvalue weighted by atomic mass is 16.2. The SMILES string of the molecule is O=C(c1cccc(-n2cccc2)c1)N1CCN(c2ncccn2)CC1. The van der Waals surface area contributed by atoms with E-state index in [1.807, 2.05) is 58.3 Å². The van der Waals surface area contributed by atoms with Crippen molar-refractivity contribution >= 4 is 11.9 Å². The van der Waals surface area contributed by atoms with Crippen molar-refractivity contribution in [3.8, 4) is 5.69 Å². The maximum absolute atomic E-state index is 12.8. The van der Waals surface area contributed by atoms with E-state index in [4.69, 9.17) is 0 Å². The van der Waals surface area contributed by atoms with Gasteiger partial charge in [-0.1, -0.05) is 6.07 Å². The van der Waals surface area contributed by atoms with Crippen LogP contribution in [0.15, 0.2) is 67.3 Å². The Hall–Kier alpha value is -3.15. The topological polar surface area (TPSA) is 54.3 Å². The lowest BCUT2D eigenvalue weighted by molar-refractivity contribution is 0.0746. The average molecular weight is 333 g/mol. The fraction of sp³-hybridized carbons (Fsp3) is 0.211. The quantitative estimate of drug-likeness (QED) is 0.737. The molecule has 2 aromatic heterocycles. The molecule has 4 rings (SSSR count). The standard InChI is InChI=1S/C19H19N5O/c25-18(16-5-3-6-17(15-16)22-9-1-2-10-22)23-11-13-24(14-12-23)19-20-7-4-8-21-19/h1-10,15H,11-14H2. The van der Waals surface area contributed by atoms with Crippen molar-refractivity contribution in [3.63, 3.8) is 0 Å². The fourth-order valence-corrected chi connectivity index (χ4v) is 3.05. The minimum Gasteiger partial charge on any atom is -0.337 e. The molecule has 126 valence electrons. The maximum Gasteiger partial charge on any atom is 0.254 e. The van der Waals surface area contributed by atoms with E-state index in [0.29, 0.717) is 13.1 Å². The van der Waals surface area contributed by atoms with Crippen molar-refractivity contribution in [3.05, 3.63) is 72.8 Å². The zero-order chi connectivity index (χ0) is 17.1. The molecule has 0 saturated carbocycles. The first-order chi connectivity index (χ1) is 12.3. The predicted molar refractivity (Wildman–Crippen MR) is 95.9 cm³/mol. The second kappa shape index (κ2) is 6.76. The van der Waals surface area contributed by atoms with Crippen molar-refractivity contribution in [2.75, 3.05) is 31.1 Å². The Bertz CT molecular complexity index is 839. The molecule has 25 heavy (non-hydrogen) atoms. The molecular formula is C19H19N5O. The predicted octanol–water partition coefficient (Wildman–Crippen LogP) is 2.23. The molecular weight excluding hydrogens is 314 g/mol. The average Bonchev–Trinajstić information content (AvgIpc) is 3.23. The van der Waals surface area contributed by atoms with E-state index in [0.717, 1.165) is 30.3 Å². The second-order valence-corrected chi connectivity index (χ2v) is 5.97. The van der Waals surface area contributed by atoms with Gasteiger partial charge in [-0.3, -0.25) is 4.79 Å². The van der Waals surface area contributed by atoms with Crippen molar-refractivity contribution < 1.29 is 4.79 Å². The monoisotopic (exact) mass is 333 g/mol. The van der Waals surface area contributed by atoms with Gasteiger partial charge >= 0.3 is 0 Å². The Morgan fingerprint density at radius 1 is 0.880 bits per heavy atom. The first-order valence-electron chi connectivity index (χ1n) is 8.36. The molecule has 1 aliphatic heterocycles. The molecule has 0 spiro atoms. The van der Waals surface area contributed by atoms with Crippen molar-refractivity contribution in [1.82, 2.24) is 19.4 Å². The highest BCUT2D eigenvalue weighted by Gasteiger charge is 2.23. The molecule has 0 unspecified atom stereocenters. The third-order valence-electron chi connectivity index (χ3n) is 4.40. The van der Waals surface area contributed by atoms with Gasteiger partial charge in [0.25, 0.3) is 5.91 Å². The molecule has 0 bridgehead atoms. The van der Waals surface area contributed by atoms with Gasteiger partial charge < -0.3 is 14.4 Å². The van der Waals surface area contributed by atoms with Gasteiger partial charge in [0.05, 0.1) is 0 Å². The summed E-state index contributed by atoms with van der Waals surface area (Å²) in [5, 5.41) is 0. The highest BCUT2D eigenvalue weighted by molar-refractivity contribution is 5.95. The number of amides is 1. The van der Waals surface area contributed by atoms with Gasteiger partial charge in [-0.2, -0.15) is 0 Å². The summed E-state index contributed by atoms with van der Waals surface area (Å²) >= 11 is 0. The van der Waals surface area contributed by atoms with Crippen LogP contribution in [0.2, 0.25) is 0 Å². The highest BCUT2D eigenvalue weighted by Crippen LogP contribution is 2.15. The van der Waals surface area contributed by atoms with E-state index in [1.54, 1.807) is 18.5 Å². The van der Waals surface area contributed by atoms with Crippen LogP contribution in [-0.2, 0) is 0 Å². The summed E-state index contributed by atoms with van der Waals surface area (Å²) in [4.78, 5) is 25.4. The van der Waals surface area contributed by atoms with E-state index in [-0.39, 0.29) is 5.91 Å². The number of benzene rings is 1. The van der Waals surface area contributed by atoms with Gasteiger partial charge in [0, 0.05) is 62.2 Å². The van der Waals surface area contributed by atoms with Crippen LogP contribution in [0.1, 0.15) is 10.4 Å². The molecule has 3 heterocycles. The lowest BCUT2D eigenvalue weighted by Gasteiger charge is -2.34. The number of piperazine rings is 1. The van der Waals surface area contributed by atoms with Crippen LogP contribution < -0.4 is 4.90 Å². The third kappa shape index (κ3) is 3.24. The molecule has 6 nitrogen and oxygen atoms in total. The van der Waals surface area contributed by atoms with Crippen molar-refractivity contribution in [1.29, 1.82) is 0 Å². The molecule has 6 heteroatoms. The Balaban J connectivity index is 1.45. The van der Waals surface area contributed by atoms with E-state index in [2.05, 4.69) is 14.9 Å². The Morgan fingerprint density at radius 3 is 2.32 bits per heavy atom. The number of anilines is 1. The van der Waals surface area contributed by atoms with Crippen LogP contribution in [0.3, 0.4) is 0 Å². The lowest BCUT2D eigenvalue weighted by atomic mass is 10.1. The maximum atomic E-state index is 12.8. The van der Waals surface area contributed by atoms with Crippen LogP contribution in [-0.4, -0.2) is 51.5 Å². The second-order valence-electron chi connectivity index (χ2n) is 5.97. The van der Waals surface area contributed by atoms with Crippen molar-refractivity contribution in [2.24, 2.45) is 0 Å². The lowest BCUT2D eigenvalue weighted by Crippen LogP contribution is -2.49. The minimum absolute atomic E-state index is 0.0719.